The number of aliphatic carboxylic acids is 1. The van der Waals surface area contributed by atoms with Crippen LogP contribution < -0.4 is 41.0 Å². The molecule has 1 saturated heterocycles. The molecule has 1 aromatic heterocycles. The number of likely N-dealkylation sites (N-methyl/N-ethyl adjacent to an activating group) is 2. The second kappa shape index (κ2) is 44.3. The van der Waals surface area contributed by atoms with Gasteiger partial charge in [-0.2, -0.15) is 0 Å². The minimum atomic E-state index is -1.96. The molecule has 10 amide bonds. The number of alkyl halides is 2. The van der Waals surface area contributed by atoms with E-state index >= 15 is 0 Å². The fourth-order valence-electron chi connectivity index (χ4n) is 13.9. The summed E-state index contributed by atoms with van der Waals surface area (Å²) in [5.74, 6) is -6.02. The molecular weight excluding hydrogens is 1610 g/mol. The van der Waals surface area contributed by atoms with Gasteiger partial charge in [0.15, 0.2) is 11.9 Å². The first-order valence-electron chi connectivity index (χ1n) is 38.9. The molecule has 37 heteroatoms. The Morgan fingerprint density at radius 3 is 1.64 bits per heavy atom. The SMILES string of the molecule is CC(C)C(NC(=O)CCOCCOCCOCCOCCOCCOCCN1C(=O)C=CC1=O)C(=O)CC(CCCNC(N)=O)C(=O)Nc1ccc(COC(=O)N(C)CCN(C)C(=O)Oc2cc3c(c4ccccc24)C(CCl)CN3C(=O)c2ccc(C(=O)N3CC(CCl)c4c3cc(OC3OC(C(=O)O)C(O)C(O)C3O)c3ccccc43)s2)cc1. The predicted molar refractivity (Wildman–Crippen MR) is 436 cm³/mol. The van der Waals surface area contributed by atoms with Gasteiger partial charge in [-0.1, -0.05) is 74.5 Å². The minimum absolute atomic E-state index is 0.00272. The van der Waals surface area contributed by atoms with Crippen LogP contribution in [0.1, 0.15) is 87.4 Å². The first-order chi connectivity index (χ1) is 57.3. The maximum atomic E-state index is 14.9. The highest BCUT2D eigenvalue weighted by Gasteiger charge is 2.49. The molecule has 0 radical (unpaired) electrons. The third-order valence-electron chi connectivity index (χ3n) is 20.2. The maximum absolute atomic E-state index is 14.9. The summed E-state index contributed by atoms with van der Waals surface area (Å²) in [6, 6.07) is 25.3. The molecule has 6 aromatic rings. The Labute approximate surface area is 699 Å². The van der Waals surface area contributed by atoms with Crippen LogP contribution in [0.2, 0.25) is 0 Å². The fourth-order valence-corrected chi connectivity index (χ4v) is 15.3. The van der Waals surface area contributed by atoms with Crippen LogP contribution in [0.25, 0.3) is 21.5 Å². The monoisotopic (exact) mass is 1710 g/mol. The summed E-state index contributed by atoms with van der Waals surface area (Å²) in [7, 11) is 2.99. The van der Waals surface area contributed by atoms with Crippen LogP contribution in [0.3, 0.4) is 0 Å². The zero-order valence-corrected chi connectivity index (χ0v) is 68.5. The Morgan fingerprint density at radius 1 is 0.630 bits per heavy atom. The normalized spacial score (nSPS) is 18.6. The number of nitrogens with zero attached hydrogens (tertiary/aromatic N) is 5. The number of thiophene rings is 1. The summed E-state index contributed by atoms with van der Waals surface area (Å²) in [6.45, 7) is 7.45. The van der Waals surface area contributed by atoms with Gasteiger partial charge in [0.25, 0.3) is 23.6 Å². The number of urea groups is 1. The number of imide groups is 1. The quantitative estimate of drug-likeness (QED) is 0.0115. The number of anilines is 3. The number of carboxylic acids is 1. The molecule has 119 heavy (non-hydrogen) atoms. The van der Waals surface area contributed by atoms with Crippen molar-refractivity contribution < 1.29 is 121 Å². The van der Waals surface area contributed by atoms with Crippen molar-refractivity contribution in [3.63, 3.8) is 0 Å². The van der Waals surface area contributed by atoms with Crippen LogP contribution in [0.4, 0.5) is 31.4 Å². The smallest absolute Gasteiger partial charge is 0.415 e. The number of ketones is 1. The largest absolute Gasteiger partial charge is 0.479 e. The summed E-state index contributed by atoms with van der Waals surface area (Å²) < 4.78 is 56.3. The highest BCUT2D eigenvalue weighted by Crippen LogP contribution is 2.49. The number of nitrogens with two attached hydrogens (primary N) is 1. The van der Waals surface area contributed by atoms with Gasteiger partial charge in [0, 0.05) is 130 Å². The van der Waals surface area contributed by atoms with E-state index in [2.05, 4.69) is 16.0 Å². The van der Waals surface area contributed by atoms with Crippen LogP contribution in [-0.2, 0) is 73.3 Å². The standard InChI is InChI=1S/C82H99Cl2N9O25S/c1-48(2)70(88-65(95)23-28-109-30-32-111-34-36-113-38-39-114-37-35-112-33-31-110-29-27-91-66(96)21-22-67(91)97)60(94)40-50(10-9-24-86-80(85)106)75(101)87-53-17-15-49(16-18-53)47-115-81(107)89(3)25-26-90(4)82(108)117-62-42-59-69(57-14-8-6-12-55(57)62)52(44-84)46-93(59)77(103)64-20-19-63(119-64)76(102)92-45-51(43-83)68-56-13-7-5-11-54(56)61(41-58(68)92)116-79-73(100)71(98)72(99)74(118-79)78(104)105/h5-8,11-22,41-42,48,50-52,70-74,79,98-100H,9-10,23-40,43-47H2,1-4H3,(H,87,101)(H,88,95)(H,104,105)(H3,85,86,106). The number of ether oxygens (including phenoxy) is 10. The molecule has 4 aliphatic heterocycles. The minimum Gasteiger partial charge on any atom is -0.479 e. The van der Waals surface area contributed by atoms with E-state index in [0.717, 1.165) is 21.8 Å². The lowest BCUT2D eigenvalue weighted by Gasteiger charge is -2.38. The highest BCUT2D eigenvalue weighted by molar-refractivity contribution is 7.16. The summed E-state index contributed by atoms with van der Waals surface area (Å²) >= 11 is 14.2. The van der Waals surface area contributed by atoms with Gasteiger partial charge in [0.2, 0.25) is 18.1 Å². The van der Waals surface area contributed by atoms with Gasteiger partial charge >= 0.3 is 24.2 Å². The molecule has 0 aliphatic carbocycles. The second-order valence-electron chi connectivity index (χ2n) is 28.9. The first-order valence-corrected chi connectivity index (χ1v) is 40.8. The lowest BCUT2D eigenvalue weighted by atomic mass is 9.89. The van der Waals surface area contributed by atoms with Crippen LogP contribution in [-0.4, -0.2) is 282 Å². The lowest BCUT2D eigenvalue weighted by molar-refractivity contribution is -0.270. The second-order valence-corrected chi connectivity index (χ2v) is 30.6. The van der Waals surface area contributed by atoms with Crippen LogP contribution in [0, 0.1) is 11.8 Å². The summed E-state index contributed by atoms with van der Waals surface area (Å²) in [4.78, 5) is 152. The molecule has 1 fully saturated rings. The van der Waals surface area contributed by atoms with E-state index in [-0.39, 0.29) is 160 Å². The van der Waals surface area contributed by atoms with Crippen molar-refractivity contribution in [1.82, 2.24) is 25.3 Å². The fraction of sp³-hybridized carbons (Fsp3) is 0.476. The number of Topliss-reactive ketones (excluding diaryl/α,β-unsaturated/α-hetero) is 1. The van der Waals surface area contributed by atoms with Crippen molar-refractivity contribution in [3.05, 3.63) is 136 Å². The topological polar surface area (TPSA) is 439 Å². The van der Waals surface area contributed by atoms with Crippen molar-refractivity contribution in [2.24, 2.45) is 17.6 Å². The predicted octanol–water partition coefficient (Wildman–Crippen LogP) is 6.51. The Kier molecular flexibility index (Phi) is 34.0. The van der Waals surface area contributed by atoms with E-state index in [1.54, 1.807) is 92.7 Å². The third-order valence-corrected chi connectivity index (χ3v) is 22.1. The van der Waals surface area contributed by atoms with Crippen molar-refractivity contribution in [2.75, 3.05) is 160 Å². The molecule has 10 rings (SSSR count). The Balaban J connectivity index is 0.655. The van der Waals surface area contributed by atoms with Crippen molar-refractivity contribution in [2.45, 2.75) is 94.7 Å². The average Bonchev–Trinajstić information content (AvgIpc) is 1.61. The van der Waals surface area contributed by atoms with Crippen molar-refractivity contribution in [3.8, 4) is 11.5 Å². The van der Waals surface area contributed by atoms with Gasteiger partial charge in [-0.05, 0) is 70.5 Å². The molecule has 5 heterocycles. The van der Waals surface area contributed by atoms with E-state index in [4.69, 9.17) is 76.3 Å². The Bertz CT molecular complexity index is 4600. The first kappa shape index (κ1) is 91.3. The van der Waals surface area contributed by atoms with E-state index in [0.29, 0.717) is 109 Å². The van der Waals surface area contributed by atoms with Gasteiger partial charge < -0.3 is 109 Å². The number of primary amides is 1. The lowest BCUT2D eigenvalue weighted by Crippen LogP contribution is -2.61. The Hall–Kier alpha value is -9.99. The van der Waals surface area contributed by atoms with Gasteiger partial charge in [-0.25, -0.2) is 19.2 Å². The number of aliphatic hydroxyl groups excluding tert-OH is 3. The number of halogens is 2. The number of benzene rings is 5. The number of hydrogen-bond donors (Lipinski definition) is 8. The summed E-state index contributed by atoms with van der Waals surface area (Å²) in [6.07, 6.45) is -8.27. The van der Waals surface area contributed by atoms with Gasteiger partial charge in [-0.15, -0.1) is 34.5 Å². The molecule has 9 atom stereocenters. The van der Waals surface area contributed by atoms with E-state index in [9.17, 15) is 73.2 Å². The number of fused-ring (bicyclic) bond motifs is 6. The number of nitrogens with one attached hydrogen (secondary N) is 3. The molecule has 642 valence electrons. The number of aliphatic hydroxyl groups is 3. The van der Waals surface area contributed by atoms with Crippen LogP contribution in [0.5, 0.6) is 11.5 Å². The molecule has 5 aromatic carbocycles. The van der Waals surface area contributed by atoms with Crippen LogP contribution >= 0.6 is 34.5 Å². The number of carbonyl (C=O) groups excluding carboxylic acids is 10. The number of hydrogen-bond acceptors (Lipinski definition) is 25. The summed E-state index contributed by atoms with van der Waals surface area (Å²) in [5.41, 5.74) is 8.50. The summed E-state index contributed by atoms with van der Waals surface area (Å²) in [5, 5.41) is 52.1. The van der Waals surface area contributed by atoms with Crippen molar-refractivity contribution in [1.29, 1.82) is 0 Å². The third kappa shape index (κ3) is 24.2. The molecule has 0 spiro atoms. The van der Waals surface area contributed by atoms with Gasteiger partial charge in [-0.3, -0.25) is 38.5 Å². The Morgan fingerprint density at radius 2 is 1.13 bits per heavy atom. The highest BCUT2D eigenvalue weighted by atomic mass is 35.5. The molecule has 9 N–H and O–H groups in total. The van der Waals surface area contributed by atoms with E-state index in [1.807, 2.05) is 12.1 Å². The molecule has 0 bridgehead atoms. The number of carboxylic acid groups (broad SMARTS) is 1. The number of amides is 10. The molecular formula is C82H99Cl2N9O25S. The maximum Gasteiger partial charge on any atom is 0.415 e. The molecule has 0 saturated carbocycles. The molecule has 9 unspecified atom stereocenters. The van der Waals surface area contributed by atoms with E-state index < -0.39 is 90.5 Å². The number of carbonyl (C=O) groups is 11. The van der Waals surface area contributed by atoms with Crippen molar-refractivity contribution >= 4 is 139 Å². The van der Waals surface area contributed by atoms with Crippen LogP contribution in [0.15, 0.2) is 109 Å². The number of rotatable bonds is 45. The van der Waals surface area contributed by atoms with Gasteiger partial charge in [0.1, 0.15) is 36.4 Å². The average molecular weight is 1710 g/mol. The zero-order chi connectivity index (χ0) is 85.4. The van der Waals surface area contributed by atoms with E-state index in [1.165, 1.54) is 51.9 Å². The van der Waals surface area contributed by atoms with Gasteiger partial charge in [0.05, 0.1) is 113 Å². The molecule has 4 aliphatic rings. The molecule has 34 nitrogen and oxygen atoms in total. The zero-order valence-electron chi connectivity index (χ0n) is 66.2.